The minimum atomic E-state index is -0.123. The highest BCUT2D eigenvalue weighted by molar-refractivity contribution is 5.93. The van der Waals surface area contributed by atoms with Gasteiger partial charge < -0.3 is 10.2 Å². The molecule has 0 saturated carbocycles. The van der Waals surface area contributed by atoms with Crippen LogP contribution in [-0.4, -0.2) is 39.9 Å². The van der Waals surface area contributed by atoms with Crippen molar-refractivity contribution < 1.29 is 9.59 Å². The predicted molar refractivity (Wildman–Crippen MR) is 117 cm³/mol. The Morgan fingerprint density at radius 3 is 2.10 bits per heavy atom. The van der Waals surface area contributed by atoms with Gasteiger partial charge in [0.15, 0.2) is 0 Å². The van der Waals surface area contributed by atoms with Gasteiger partial charge in [0.05, 0.1) is 11.0 Å². The third-order valence-electron chi connectivity index (χ3n) is 5.03. The smallest absolute Gasteiger partial charge is 0.329 e. The van der Waals surface area contributed by atoms with Crippen molar-refractivity contribution in [1.82, 2.24) is 19.4 Å². The number of aryl methyl sites for hydroxylation is 2. The van der Waals surface area contributed by atoms with Crippen LogP contribution in [0.2, 0.25) is 0 Å². The summed E-state index contributed by atoms with van der Waals surface area (Å²) in [5.74, 6) is -0.180. The Bertz CT molecular complexity index is 1090. The van der Waals surface area contributed by atoms with Crippen LogP contribution < -0.4 is 11.0 Å². The summed E-state index contributed by atoms with van der Waals surface area (Å²) in [7, 11) is 3.42. The zero-order valence-electron chi connectivity index (χ0n) is 17.7. The molecule has 0 fully saturated rings. The number of para-hydroxylation sites is 2. The molecule has 30 heavy (non-hydrogen) atoms. The molecule has 0 radical (unpaired) electrons. The van der Waals surface area contributed by atoms with E-state index in [0.717, 1.165) is 23.0 Å². The maximum absolute atomic E-state index is 12.8. The van der Waals surface area contributed by atoms with Gasteiger partial charge in [-0.1, -0.05) is 31.2 Å². The van der Waals surface area contributed by atoms with Crippen LogP contribution in [0.5, 0.6) is 0 Å². The summed E-state index contributed by atoms with van der Waals surface area (Å²) in [5.41, 5.74) is 3.20. The third-order valence-corrected chi connectivity index (χ3v) is 5.03. The third kappa shape index (κ3) is 4.62. The van der Waals surface area contributed by atoms with Crippen molar-refractivity contribution in [1.29, 1.82) is 0 Å². The first-order valence-electron chi connectivity index (χ1n) is 10.2. The number of benzene rings is 2. The molecule has 3 rings (SSSR count). The summed E-state index contributed by atoms with van der Waals surface area (Å²) in [5, 5.41) is 2.88. The average Bonchev–Trinajstić information content (AvgIpc) is 3.02. The first kappa shape index (κ1) is 21.4. The number of nitrogens with one attached hydrogen (secondary N) is 1. The molecule has 2 amide bonds. The van der Waals surface area contributed by atoms with Crippen molar-refractivity contribution in [2.75, 3.05) is 14.1 Å². The molecule has 7 heteroatoms. The Balaban J connectivity index is 1.61. The van der Waals surface area contributed by atoms with E-state index in [1.165, 1.54) is 4.90 Å². The van der Waals surface area contributed by atoms with Gasteiger partial charge >= 0.3 is 5.69 Å². The highest BCUT2D eigenvalue weighted by Gasteiger charge is 2.13. The maximum Gasteiger partial charge on any atom is 0.329 e. The number of hydrogen-bond donors (Lipinski definition) is 1. The second kappa shape index (κ2) is 9.43. The van der Waals surface area contributed by atoms with Gasteiger partial charge in [-0.15, -0.1) is 0 Å². The van der Waals surface area contributed by atoms with E-state index in [4.69, 9.17) is 0 Å². The summed E-state index contributed by atoms with van der Waals surface area (Å²) >= 11 is 0. The highest BCUT2D eigenvalue weighted by Crippen LogP contribution is 2.13. The Morgan fingerprint density at radius 2 is 1.53 bits per heavy atom. The number of imidazole rings is 1. The molecule has 0 aliphatic heterocycles. The molecule has 0 aliphatic carbocycles. The summed E-state index contributed by atoms with van der Waals surface area (Å²) in [4.78, 5) is 38.6. The second-order valence-electron chi connectivity index (χ2n) is 7.50. The fraction of sp³-hybridized carbons (Fsp3) is 0.348. The fourth-order valence-electron chi connectivity index (χ4n) is 3.45. The first-order chi connectivity index (χ1) is 14.4. The molecule has 0 saturated heterocycles. The van der Waals surface area contributed by atoms with Gasteiger partial charge in [-0.25, -0.2) is 4.79 Å². The van der Waals surface area contributed by atoms with Crippen molar-refractivity contribution in [2.45, 2.75) is 39.4 Å². The Labute approximate surface area is 175 Å². The van der Waals surface area contributed by atoms with E-state index in [-0.39, 0.29) is 23.9 Å². The zero-order chi connectivity index (χ0) is 21.7. The molecule has 1 N–H and O–H groups in total. The van der Waals surface area contributed by atoms with Crippen LogP contribution in [-0.2, 0) is 24.4 Å². The van der Waals surface area contributed by atoms with Gasteiger partial charge in [-0.05, 0) is 36.2 Å². The van der Waals surface area contributed by atoms with Gasteiger partial charge in [0.1, 0.15) is 0 Å². The lowest BCUT2D eigenvalue weighted by Gasteiger charge is -2.11. The number of fused-ring (bicyclic) bond motifs is 1. The first-order valence-corrected chi connectivity index (χ1v) is 10.2. The Kier molecular flexibility index (Phi) is 6.72. The number of amides is 2. The molecule has 158 valence electrons. The average molecular weight is 409 g/mol. The number of hydrogen-bond acceptors (Lipinski definition) is 3. The largest absolute Gasteiger partial charge is 0.352 e. The molecule has 7 nitrogen and oxygen atoms in total. The van der Waals surface area contributed by atoms with E-state index >= 15 is 0 Å². The second-order valence-corrected chi connectivity index (χ2v) is 7.50. The molecule has 3 aromatic rings. The van der Waals surface area contributed by atoms with Crippen LogP contribution in [0, 0.1) is 0 Å². The maximum atomic E-state index is 12.8. The van der Waals surface area contributed by atoms with Crippen LogP contribution in [0.25, 0.3) is 11.0 Å². The molecule has 1 heterocycles. The summed E-state index contributed by atoms with van der Waals surface area (Å²) in [6.07, 6.45) is 1.09. The van der Waals surface area contributed by atoms with E-state index in [9.17, 15) is 14.4 Å². The molecule has 0 aliphatic rings. The molecule has 0 unspecified atom stereocenters. The number of rotatable bonds is 8. The lowest BCUT2D eigenvalue weighted by molar-refractivity contribution is -0.121. The van der Waals surface area contributed by atoms with E-state index in [1.54, 1.807) is 35.4 Å². The molecule has 0 bridgehead atoms. The molecule has 2 aromatic carbocycles. The van der Waals surface area contributed by atoms with E-state index < -0.39 is 0 Å². The highest BCUT2D eigenvalue weighted by atomic mass is 16.2. The number of carbonyl (C=O) groups excluding carboxylic acids is 2. The summed E-state index contributed by atoms with van der Waals surface area (Å²) in [6, 6.07) is 14.9. The van der Waals surface area contributed by atoms with Crippen molar-refractivity contribution in [3.8, 4) is 0 Å². The Morgan fingerprint density at radius 1 is 0.933 bits per heavy atom. The Hall–Kier alpha value is -3.35. The predicted octanol–water partition coefficient (Wildman–Crippen LogP) is 2.62. The topological polar surface area (TPSA) is 76.3 Å². The van der Waals surface area contributed by atoms with Crippen LogP contribution in [0.15, 0.2) is 53.3 Å². The van der Waals surface area contributed by atoms with Crippen LogP contribution in [0.1, 0.15) is 35.7 Å². The van der Waals surface area contributed by atoms with Gasteiger partial charge in [0.2, 0.25) is 5.91 Å². The van der Waals surface area contributed by atoms with Crippen molar-refractivity contribution >= 4 is 22.8 Å². The monoisotopic (exact) mass is 408 g/mol. The van der Waals surface area contributed by atoms with Gasteiger partial charge in [0.25, 0.3) is 5.91 Å². The molecular formula is C23H28N4O3. The number of carbonyl (C=O) groups is 2. The van der Waals surface area contributed by atoms with Crippen molar-refractivity contribution in [3.05, 3.63) is 70.1 Å². The normalized spacial score (nSPS) is 10.9. The molecular weight excluding hydrogens is 380 g/mol. The SMILES string of the molecule is CCCn1c(=O)n(CCC(=O)NCc2ccc(C(=O)N(C)C)cc2)c2ccccc21. The van der Waals surface area contributed by atoms with Gasteiger partial charge in [-0.2, -0.15) is 0 Å². The molecule has 1 aromatic heterocycles. The van der Waals surface area contributed by atoms with Crippen molar-refractivity contribution in [2.24, 2.45) is 0 Å². The number of nitrogens with zero attached hydrogens (tertiary/aromatic N) is 3. The van der Waals surface area contributed by atoms with Crippen LogP contribution in [0.4, 0.5) is 0 Å². The standard InChI is InChI=1S/C23H28N4O3/c1-4-14-26-19-7-5-6-8-20(19)27(23(26)30)15-13-21(28)24-16-17-9-11-18(12-10-17)22(29)25(2)3/h5-12H,4,13-16H2,1-3H3,(H,24,28). The lowest BCUT2D eigenvalue weighted by Crippen LogP contribution is -2.28. The minimum Gasteiger partial charge on any atom is -0.352 e. The minimum absolute atomic E-state index is 0.0572. The van der Waals surface area contributed by atoms with Crippen LogP contribution >= 0.6 is 0 Å². The van der Waals surface area contributed by atoms with E-state index in [0.29, 0.717) is 25.2 Å². The lowest BCUT2D eigenvalue weighted by atomic mass is 10.1. The number of aromatic nitrogens is 2. The molecule has 0 atom stereocenters. The van der Waals surface area contributed by atoms with Gasteiger partial charge in [0, 0.05) is 45.7 Å². The zero-order valence-corrected chi connectivity index (χ0v) is 17.7. The van der Waals surface area contributed by atoms with E-state index in [2.05, 4.69) is 5.32 Å². The van der Waals surface area contributed by atoms with E-state index in [1.807, 2.05) is 43.3 Å². The molecule has 0 spiro atoms. The van der Waals surface area contributed by atoms with Gasteiger partial charge in [-0.3, -0.25) is 18.7 Å². The van der Waals surface area contributed by atoms with Crippen molar-refractivity contribution in [3.63, 3.8) is 0 Å². The summed E-state index contributed by atoms with van der Waals surface area (Å²) in [6.45, 7) is 3.40. The summed E-state index contributed by atoms with van der Waals surface area (Å²) < 4.78 is 3.44. The fourth-order valence-corrected chi connectivity index (χ4v) is 3.45. The quantitative estimate of drug-likeness (QED) is 0.623. The van der Waals surface area contributed by atoms with Crippen LogP contribution in [0.3, 0.4) is 0 Å².